The number of hydrogen-bond donors (Lipinski definition) is 1. The molecule has 1 unspecified atom stereocenters. The molecule has 1 atom stereocenters. The van der Waals surface area contributed by atoms with Crippen LogP contribution in [0.5, 0.6) is 0 Å². The Morgan fingerprint density at radius 1 is 1.33 bits per heavy atom. The van der Waals surface area contributed by atoms with Crippen LogP contribution in [0.1, 0.15) is 47.5 Å². The fraction of sp³-hybridized carbons (Fsp3) is 0.500. The molecule has 24 heavy (non-hydrogen) atoms. The summed E-state index contributed by atoms with van der Waals surface area (Å²) in [6, 6.07) is -0.0295. The molecule has 0 aromatic heterocycles. The topological polar surface area (TPSA) is 69.0 Å². The molecule has 0 amide bonds. The zero-order chi connectivity index (χ0) is 18.2. The minimum absolute atomic E-state index is 0.0295. The van der Waals surface area contributed by atoms with Gasteiger partial charge >= 0.3 is 0 Å². The molecule has 0 radical (unpaired) electrons. The van der Waals surface area contributed by atoms with E-state index >= 15 is 0 Å². The summed E-state index contributed by atoms with van der Waals surface area (Å²) >= 11 is 0. The predicted molar refractivity (Wildman–Crippen MR) is 102 cm³/mol. The maximum absolute atomic E-state index is 8.84. The SMILES string of the molecule is CC1=C(/C=C/C(C)=C\C=C\C(C)=C/CO)C(C)(C)CCC1N=[N+]=[N-]. The molecule has 1 aliphatic carbocycles. The second-order valence-electron chi connectivity index (χ2n) is 6.97. The third-order valence-corrected chi connectivity index (χ3v) is 4.53. The Kier molecular flexibility index (Phi) is 7.76. The Bertz CT molecular complexity index is 642. The average molecular weight is 327 g/mol. The number of nitrogens with zero attached hydrogens (tertiary/aromatic N) is 3. The highest BCUT2D eigenvalue weighted by atomic mass is 16.2. The van der Waals surface area contributed by atoms with E-state index in [2.05, 4.69) is 49.9 Å². The maximum Gasteiger partial charge on any atom is 0.0617 e. The fourth-order valence-electron chi connectivity index (χ4n) is 2.96. The van der Waals surface area contributed by atoms with Crippen LogP contribution < -0.4 is 0 Å². The van der Waals surface area contributed by atoms with Gasteiger partial charge in [-0.3, -0.25) is 0 Å². The van der Waals surface area contributed by atoms with Crippen molar-refractivity contribution >= 4 is 0 Å². The highest BCUT2D eigenvalue weighted by Crippen LogP contribution is 2.42. The molecule has 0 heterocycles. The average Bonchev–Trinajstić information content (AvgIpc) is 2.50. The summed E-state index contributed by atoms with van der Waals surface area (Å²) in [5.41, 5.74) is 13.4. The van der Waals surface area contributed by atoms with Gasteiger partial charge in [-0.15, -0.1) is 0 Å². The van der Waals surface area contributed by atoms with Crippen molar-refractivity contribution in [2.75, 3.05) is 6.61 Å². The molecule has 4 nitrogen and oxygen atoms in total. The van der Waals surface area contributed by atoms with Gasteiger partial charge in [-0.05, 0) is 50.1 Å². The van der Waals surface area contributed by atoms with E-state index < -0.39 is 0 Å². The van der Waals surface area contributed by atoms with Gasteiger partial charge in [0.1, 0.15) is 0 Å². The summed E-state index contributed by atoms with van der Waals surface area (Å²) in [4.78, 5) is 2.98. The van der Waals surface area contributed by atoms with Crippen molar-refractivity contribution in [3.63, 3.8) is 0 Å². The Morgan fingerprint density at radius 2 is 2.04 bits per heavy atom. The molecule has 1 rings (SSSR count). The largest absolute Gasteiger partial charge is 0.392 e. The van der Waals surface area contributed by atoms with Crippen LogP contribution in [0.15, 0.2) is 63.9 Å². The van der Waals surface area contributed by atoms with Gasteiger partial charge in [-0.1, -0.05) is 72.1 Å². The van der Waals surface area contributed by atoms with Gasteiger partial charge in [0.15, 0.2) is 0 Å². The van der Waals surface area contributed by atoms with Crippen molar-refractivity contribution in [1.29, 1.82) is 0 Å². The van der Waals surface area contributed by atoms with Crippen molar-refractivity contribution in [2.45, 2.75) is 53.5 Å². The third-order valence-electron chi connectivity index (χ3n) is 4.53. The lowest BCUT2D eigenvalue weighted by Gasteiger charge is -2.35. The van der Waals surface area contributed by atoms with Crippen molar-refractivity contribution < 1.29 is 5.11 Å². The van der Waals surface area contributed by atoms with Gasteiger partial charge in [-0.2, -0.15) is 0 Å². The molecule has 0 spiro atoms. The quantitative estimate of drug-likeness (QED) is 0.285. The number of rotatable bonds is 6. The maximum atomic E-state index is 8.84. The van der Waals surface area contributed by atoms with Crippen LogP contribution in [0, 0.1) is 5.41 Å². The molecule has 1 aliphatic rings. The summed E-state index contributed by atoms with van der Waals surface area (Å²) in [6.07, 6.45) is 14.0. The van der Waals surface area contributed by atoms with Crippen LogP contribution >= 0.6 is 0 Å². The molecule has 4 heteroatoms. The molecular formula is C20H29N3O. The zero-order valence-electron chi connectivity index (χ0n) is 15.5. The van der Waals surface area contributed by atoms with Crippen LogP contribution in [0.25, 0.3) is 10.4 Å². The standard InChI is InChI=1S/C20H29N3O/c1-15(7-6-8-16(2)12-14-24)9-10-18-17(3)19(22-23-21)11-13-20(18,4)5/h6-10,12,19,24H,11,13-14H2,1-5H3/b8-6+,10-9+,15-7-,16-12-. The first kappa shape index (κ1) is 20.0. The van der Waals surface area contributed by atoms with Crippen molar-refractivity contribution in [3.8, 4) is 0 Å². The molecule has 0 saturated heterocycles. The number of aliphatic hydroxyl groups is 1. The second-order valence-corrected chi connectivity index (χ2v) is 6.97. The molecule has 0 fully saturated rings. The number of allylic oxidation sites excluding steroid dienone is 8. The summed E-state index contributed by atoms with van der Waals surface area (Å²) < 4.78 is 0. The van der Waals surface area contributed by atoms with E-state index in [4.69, 9.17) is 10.6 Å². The minimum Gasteiger partial charge on any atom is -0.392 e. The van der Waals surface area contributed by atoms with E-state index in [1.807, 2.05) is 25.2 Å². The van der Waals surface area contributed by atoms with E-state index in [-0.39, 0.29) is 18.1 Å². The normalized spacial score (nSPS) is 22.3. The van der Waals surface area contributed by atoms with Gasteiger partial charge in [0, 0.05) is 4.91 Å². The predicted octanol–water partition coefficient (Wildman–Crippen LogP) is 5.80. The van der Waals surface area contributed by atoms with E-state index in [1.165, 1.54) is 11.1 Å². The molecule has 0 aliphatic heterocycles. The molecular weight excluding hydrogens is 298 g/mol. The van der Waals surface area contributed by atoms with Crippen LogP contribution in [-0.4, -0.2) is 17.8 Å². The Balaban J connectivity index is 2.98. The van der Waals surface area contributed by atoms with Gasteiger partial charge < -0.3 is 5.11 Å². The molecule has 0 saturated carbocycles. The van der Waals surface area contributed by atoms with Gasteiger partial charge in [-0.25, -0.2) is 0 Å². The Hall–Kier alpha value is -2.03. The van der Waals surface area contributed by atoms with Crippen molar-refractivity contribution in [1.82, 2.24) is 0 Å². The molecule has 0 aromatic rings. The highest BCUT2D eigenvalue weighted by Gasteiger charge is 2.31. The minimum atomic E-state index is -0.0295. The Labute approximate surface area is 145 Å². The van der Waals surface area contributed by atoms with E-state index in [9.17, 15) is 0 Å². The summed E-state index contributed by atoms with van der Waals surface area (Å²) in [5.74, 6) is 0. The van der Waals surface area contributed by atoms with Gasteiger partial charge in [0.25, 0.3) is 0 Å². The Morgan fingerprint density at radius 3 is 2.67 bits per heavy atom. The first-order chi connectivity index (χ1) is 11.3. The molecule has 0 aromatic carbocycles. The molecule has 0 bridgehead atoms. The molecule has 130 valence electrons. The number of hydrogen-bond acceptors (Lipinski definition) is 2. The third kappa shape index (κ3) is 5.88. The van der Waals surface area contributed by atoms with Crippen LogP contribution in [0.3, 0.4) is 0 Å². The van der Waals surface area contributed by atoms with Crippen LogP contribution in [0.2, 0.25) is 0 Å². The number of azide groups is 1. The summed E-state index contributed by atoms with van der Waals surface area (Å²) in [5, 5.41) is 12.8. The second kappa shape index (κ2) is 9.31. The van der Waals surface area contributed by atoms with E-state index in [0.717, 1.165) is 24.0 Å². The monoisotopic (exact) mass is 327 g/mol. The fourth-order valence-corrected chi connectivity index (χ4v) is 2.96. The summed E-state index contributed by atoms with van der Waals surface area (Å²) in [6.45, 7) is 10.6. The van der Waals surface area contributed by atoms with Crippen LogP contribution in [0.4, 0.5) is 0 Å². The lowest BCUT2D eigenvalue weighted by Crippen LogP contribution is -2.26. The van der Waals surface area contributed by atoms with Crippen LogP contribution in [-0.2, 0) is 0 Å². The highest BCUT2D eigenvalue weighted by molar-refractivity contribution is 5.39. The smallest absolute Gasteiger partial charge is 0.0617 e. The first-order valence-corrected chi connectivity index (χ1v) is 8.38. The molecule has 1 N–H and O–H groups in total. The van der Waals surface area contributed by atoms with Crippen molar-refractivity contribution in [2.24, 2.45) is 10.5 Å². The first-order valence-electron chi connectivity index (χ1n) is 8.38. The van der Waals surface area contributed by atoms with E-state index in [0.29, 0.717) is 0 Å². The lowest BCUT2D eigenvalue weighted by molar-refractivity contribution is 0.342. The number of aliphatic hydroxyl groups excluding tert-OH is 1. The van der Waals surface area contributed by atoms with E-state index in [1.54, 1.807) is 6.08 Å². The lowest BCUT2D eigenvalue weighted by atomic mass is 9.71. The van der Waals surface area contributed by atoms with Crippen molar-refractivity contribution in [3.05, 3.63) is 69.2 Å². The van der Waals surface area contributed by atoms with Gasteiger partial charge in [0.05, 0.1) is 12.6 Å². The van der Waals surface area contributed by atoms with Gasteiger partial charge in [0.2, 0.25) is 0 Å². The zero-order valence-corrected chi connectivity index (χ0v) is 15.5. The summed E-state index contributed by atoms with van der Waals surface area (Å²) in [7, 11) is 0.